The molecule has 0 aliphatic carbocycles. The second-order valence-corrected chi connectivity index (χ2v) is 6.55. The van der Waals surface area contributed by atoms with Gasteiger partial charge in [0.15, 0.2) is 16.6 Å². The van der Waals surface area contributed by atoms with Crippen LogP contribution >= 0.6 is 12.2 Å². The van der Waals surface area contributed by atoms with Crippen molar-refractivity contribution in [1.82, 2.24) is 10.7 Å². The average molecular weight is 401 g/mol. The van der Waals surface area contributed by atoms with E-state index in [0.717, 1.165) is 11.3 Å². The van der Waals surface area contributed by atoms with E-state index in [2.05, 4.69) is 15.8 Å². The molecule has 0 fully saturated rings. The van der Waals surface area contributed by atoms with Crippen LogP contribution in [0.25, 0.3) is 0 Å². The quantitative estimate of drug-likeness (QED) is 0.329. The lowest BCUT2D eigenvalue weighted by Crippen LogP contribution is -2.31. The number of hydrogen-bond acceptors (Lipinski definition) is 7. The monoisotopic (exact) mass is 401 g/mol. The average Bonchev–Trinajstić information content (AvgIpc) is 3.14. The third kappa shape index (κ3) is 4.65. The van der Waals surface area contributed by atoms with Gasteiger partial charge in [0.25, 0.3) is 5.69 Å². The van der Waals surface area contributed by atoms with E-state index >= 15 is 0 Å². The van der Waals surface area contributed by atoms with Gasteiger partial charge in [0, 0.05) is 32.3 Å². The minimum absolute atomic E-state index is 0.0115. The largest absolute Gasteiger partial charge is 0.454 e. The molecule has 2 aromatic rings. The van der Waals surface area contributed by atoms with Crippen LogP contribution in [-0.2, 0) is 6.54 Å². The Morgan fingerprint density at radius 3 is 2.82 bits per heavy atom. The lowest BCUT2D eigenvalue weighted by molar-refractivity contribution is -0.384. The number of nitro benzene ring substituents is 1. The van der Waals surface area contributed by atoms with Crippen molar-refractivity contribution in [2.24, 2.45) is 5.10 Å². The highest BCUT2D eigenvalue weighted by molar-refractivity contribution is 7.80. The molecule has 10 heteroatoms. The maximum absolute atomic E-state index is 11.2. The zero-order valence-corrected chi connectivity index (χ0v) is 16.2. The second-order valence-electron chi connectivity index (χ2n) is 6.14. The number of nitrogens with zero attached hydrogens (tertiary/aromatic N) is 3. The molecule has 9 nitrogen and oxygen atoms in total. The van der Waals surface area contributed by atoms with Crippen molar-refractivity contribution < 1.29 is 14.4 Å². The van der Waals surface area contributed by atoms with Crippen LogP contribution in [0.5, 0.6) is 11.5 Å². The number of rotatable bonds is 6. The summed E-state index contributed by atoms with van der Waals surface area (Å²) in [4.78, 5) is 12.5. The summed E-state index contributed by atoms with van der Waals surface area (Å²) in [6.45, 7) is 0.718. The molecular formula is C18H19N5O4S. The predicted molar refractivity (Wildman–Crippen MR) is 110 cm³/mol. The summed E-state index contributed by atoms with van der Waals surface area (Å²) in [5, 5.41) is 18.6. The molecule has 1 aliphatic rings. The summed E-state index contributed by atoms with van der Waals surface area (Å²) >= 11 is 5.18. The topological polar surface area (TPSA) is 101 Å². The summed E-state index contributed by atoms with van der Waals surface area (Å²) in [7, 11) is 3.50. The fourth-order valence-corrected chi connectivity index (χ4v) is 2.71. The van der Waals surface area contributed by atoms with Crippen molar-refractivity contribution in [3.8, 4) is 11.5 Å². The smallest absolute Gasteiger partial charge is 0.293 e. The standard InChI is InChI=1S/C18H19N5O4S/c1-22(2)14-5-3-12(7-15(14)23(24)25)10-20-21-18(28)19-9-13-4-6-16-17(8-13)27-11-26-16/h3-8,10H,9,11H2,1-2H3,(H2,19,21,28)/b20-10-. The summed E-state index contributed by atoms with van der Waals surface area (Å²) < 4.78 is 10.6. The molecule has 1 heterocycles. The van der Waals surface area contributed by atoms with Crippen LogP contribution in [0.2, 0.25) is 0 Å². The third-order valence-corrected chi connectivity index (χ3v) is 4.18. The Kier molecular flexibility index (Phi) is 5.90. The number of thiocarbonyl (C=S) groups is 1. The number of ether oxygens (including phenoxy) is 2. The van der Waals surface area contributed by atoms with E-state index in [4.69, 9.17) is 21.7 Å². The summed E-state index contributed by atoms with van der Waals surface area (Å²) in [5.41, 5.74) is 4.79. The van der Waals surface area contributed by atoms with Crippen LogP contribution in [-0.4, -0.2) is 37.1 Å². The van der Waals surface area contributed by atoms with Crippen molar-refractivity contribution in [3.63, 3.8) is 0 Å². The molecule has 0 spiro atoms. The number of hydrazone groups is 1. The summed E-state index contributed by atoms with van der Waals surface area (Å²) in [6.07, 6.45) is 1.47. The van der Waals surface area contributed by atoms with E-state index in [-0.39, 0.29) is 12.5 Å². The molecule has 0 atom stereocenters. The van der Waals surface area contributed by atoms with Gasteiger partial charge in [0.05, 0.1) is 11.1 Å². The first-order chi connectivity index (χ1) is 13.4. The summed E-state index contributed by atoms with van der Waals surface area (Å²) in [5.74, 6) is 1.43. The van der Waals surface area contributed by atoms with Crippen LogP contribution in [0.4, 0.5) is 11.4 Å². The summed E-state index contributed by atoms with van der Waals surface area (Å²) in [6, 6.07) is 10.5. The zero-order chi connectivity index (χ0) is 20.1. The second kappa shape index (κ2) is 8.53. The molecule has 0 amide bonds. The van der Waals surface area contributed by atoms with Gasteiger partial charge >= 0.3 is 0 Å². The van der Waals surface area contributed by atoms with E-state index in [1.807, 2.05) is 18.2 Å². The van der Waals surface area contributed by atoms with Gasteiger partial charge < -0.3 is 19.7 Å². The molecule has 2 aromatic carbocycles. The molecule has 28 heavy (non-hydrogen) atoms. The maximum atomic E-state index is 11.2. The van der Waals surface area contributed by atoms with Gasteiger partial charge in [0.2, 0.25) is 6.79 Å². The zero-order valence-electron chi connectivity index (χ0n) is 15.3. The number of nitrogens with one attached hydrogen (secondary N) is 2. The molecule has 0 unspecified atom stereocenters. The first-order valence-corrected chi connectivity index (χ1v) is 8.76. The molecule has 0 aromatic heterocycles. The number of benzene rings is 2. The van der Waals surface area contributed by atoms with E-state index in [1.54, 1.807) is 31.1 Å². The fourth-order valence-electron chi connectivity index (χ4n) is 2.58. The third-order valence-electron chi connectivity index (χ3n) is 3.95. The molecular weight excluding hydrogens is 382 g/mol. The highest BCUT2D eigenvalue weighted by atomic mass is 32.1. The first kappa shape index (κ1) is 19.4. The Bertz CT molecular complexity index is 932. The maximum Gasteiger partial charge on any atom is 0.293 e. The Morgan fingerprint density at radius 2 is 2.07 bits per heavy atom. The molecule has 3 rings (SSSR count). The van der Waals surface area contributed by atoms with E-state index in [9.17, 15) is 10.1 Å². The van der Waals surface area contributed by atoms with Gasteiger partial charge in [-0.1, -0.05) is 12.1 Å². The first-order valence-electron chi connectivity index (χ1n) is 8.35. The van der Waals surface area contributed by atoms with Crippen LogP contribution < -0.4 is 25.1 Å². The Labute approximate surface area is 167 Å². The Morgan fingerprint density at radius 1 is 1.29 bits per heavy atom. The minimum Gasteiger partial charge on any atom is -0.454 e. The van der Waals surface area contributed by atoms with Gasteiger partial charge in [-0.25, -0.2) is 0 Å². The van der Waals surface area contributed by atoms with Crippen LogP contribution in [0.1, 0.15) is 11.1 Å². The highest BCUT2D eigenvalue weighted by Crippen LogP contribution is 2.32. The SMILES string of the molecule is CN(C)c1ccc(/C=N\NC(=S)NCc2ccc3c(c2)OCO3)cc1[N+](=O)[O-]. The number of fused-ring (bicyclic) bond motifs is 1. The number of anilines is 1. The van der Waals surface area contributed by atoms with E-state index in [0.29, 0.717) is 28.7 Å². The molecule has 0 saturated carbocycles. The Balaban J connectivity index is 1.55. The molecule has 2 N–H and O–H groups in total. The van der Waals surface area contributed by atoms with Crippen LogP contribution in [0.15, 0.2) is 41.5 Å². The van der Waals surface area contributed by atoms with Crippen molar-refractivity contribution in [1.29, 1.82) is 0 Å². The van der Waals surface area contributed by atoms with Crippen LogP contribution in [0.3, 0.4) is 0 Å². The van der Waals surface area contributed by atoms with Crippen molar-refractivity contribution in [2.45, 2.75) is 6.54 Å². The van der Waals surface area contributed by atoms with Crippen LogP contribution in [0, 0.1) is 10.1 Å². The lowest BCUT2D eigenvalue weighted by atomic mass is 10.2. The van der Waals surface area contributed by atoms with Gasteiger partial charge in [-0.2, -0.15) is 5.10 Å². The van der Waals surface area contributed by atoms with Crippen molar-refractivity contribution >= 4 is 34.9 Å². The fraction of sp³-hybridized carbons (Fsp3) is 0.222. The molecule has 0 radical (unpaired) electrons. The molecule has 146 valence electrons. The van der Waals surface area contributed by atoms with Gasteiger partial charge in [-0.15, -0.1) is 0 Å². The number of nitro groups is 1. The molecule has 1 aliphatic heterocycles. The Hall–Kier alpha value is -3.40. The van der Waals surface area contributed by atoms with E-state index in [1.165, 1.54) is 12.3 Å². The van der Waals surface area contributed by atoms with Gasteiger partial charge in [-0.3, -0.25) is 15.5 Å². The van der Waals surface area contributed by atoms with Crippen molar-refractivity contribution in [3.05, 3.63) is 57.6 Å². The molecule has 0 bridgehead atoms. The highest BCUT2D eigenvalue weighted by Gasteiger charge is 2.15. The minimum atomic E-state index is -0.419. The van der Waals surface area contributed by atoms with Crippen molar-refractivity contribution in [2.75, 3.05) is 25.8 Å². The molecule has 0 saturated heterocycles. The normalized spacial score (nSPS) is 12.1. The lowest BCUT2D eigenvalue weighted by Gasteiger charge is -2.12. The number of hydrogen-bond donors (Lipinski definition) is 2. The van der Waals surface area contributed by atoms with Gasteiger partial charge in [0.1, 0.15) is 5.69 Å². The van der Waals surface area contributed by atoms with E-state index < -0.39 is 4.92 Å². The van der Waals surface area contributed by atoms with Gasteiger partial charge in [-0.05, 0) is 36.0 Å². The predicted octanol–water partition coefficient (Wildman–Crippen LogP) is 2.39.